The fraction of sp³-hybridized carbons (Fsp3) is 0.391. The van der Waals surface area contributed by atoms with Gasteiger partial charge in [-0.3, -0.25) is 4.90 Å². The summed E-state index contributed by atoms with van der Waals surface area (Å²) in [5.74, 6) is -0.329. The van der Waals surface area contributed by atoms with Crippen LogP contribution in [0.1, 0.15) is 45.1 Å². The predicted molar refractivity (Wildman–Crippen MR) is 114 cm³/mol. The van der Waals surface area contributed by atoms with Crippen LogP contribution in [-0.4, -0.2) is 60.4 Å². The van der Waals surface area contributed by atoms with Gasteiger partial charge in [0.15, 0.2) is 0 Å². The number of benzene rings is 2. The minimum atomic E-state index is -3.63. The second kappa shape index (κ2) is 7.67. The van der Waals surface area contributed by atoms with E-state index in [0.717, 1.165) is 23.1 Å². The molecular formula is C23H23N3O5S. The highest BCUT2D eigenvalue weighted by atomic mass is 32.2. The molecule has 0 aliphatic carbocycles. The first-order chi connectivity index (χ1) is 15.3. The zero-order chi connectivity index (χ0) is 22.6. The van der Waals surface area contributed by atoms with E-state index in [1.807, 2.05) is 13.0 Å². The lowest BCUT2D eigenvalue weighted by Gasteiger charge is -2.34. The van der Waals surface area contributed by atoms with E-state index in [1.54, 1.807) is 16.4 Å². The lowest BCUT2D eigenvalue weighted by Crippen LogP contribution is -2.49. The summed E-state index contributed by atoms with van der Waals surface area (Å²) >= 11 is 0. The molecule has 3 unspecified atom stereocenters. The van der Waals surface area contributed by atoms with Gasteiger partial charge in [0.05, 0.1) is 28.2 Å². The van der Waals surface area contributed by atoms with Gasteiger partial charge in [0, 0.05) is 37.3 Å². The van der Waals surface area contributed by atoms with Crippen LogP contribution in [0.25, 0.3) is 0 Å². The largest absolute Gasteiger partial charge is 0.457 e. The van der Waals surface area contributed by atoms with Crippen LogP contribution in [0.2, 0.25) is 0 Å². The van der Waals surface area contributed by atoms with Crippen LogP contribution < -0.4 is 0 Å². The molecule has 9 heteroatoms. The Hall–Kier alpha value is -2.77. The highest BCUT2D eigenvalue weighted by Crippen LogP contribution is 2.37. The number of β-amino-alcohol motifs (C(OH)–C–C–N with tert-alkyl or cyclic N) is 1. The first kappa shape index (κ1) is 21.1. The SMILES string of the molecule is Cc1c(C(O)CN2CC3CC2CN3S(=O)(=O)c2ccc(C#N)cc2)ccc2c1COC2=O. The van der Waals surface area contributed by atoms with Gasteiger partial charge in [0.1, 0.15) is 6.61 Å². The Balaban J connectivity index is 1.28. The van der Waals surface area contributed by atoms with Crippen LogP contribution in [0, 0.1) is 18.3 Å². The zero-order valence-corrected chi connectivity index (χ0v) is 18.4. The van der Waals surface area contributed by atoms with Crippen LogP contribution >= 0.6 is 0 Å². The fourth-order valence-electron chi connectivity index (χ4n) is 5.12. The summed E-state index contributed by atoms with van der Waals surface area (Å²) in [7, 11) is -3.63. The number of aliphatic hydroxyl groups is 1. The number of aliphatic hydroxyl groups excluding tert-OH is 1. The molecule has 0 spiro atoms. The number of nitrogens with zero attached hydrogens (tertiary/aromatic N) is 3. The Morgan fingerprint density at radius 2 is 1.94 bits per heavy atom. The smallest absolute Gasteiger partial charge is 0.338 e. The lowest BCUT2D eigenvalue weighted by molar-refractivity contribution is 0.0535. The molecule has 166 valence electrons. The molecule has 2 saturated heterocycles. The summed E-state index contributed by atoms with van der Waals surface area (Å²) in [5, 5.41) is 19.8. The minimum Gasteiger partial charge on any atom is -0.457 e. The number of sulfonamides is 1. The number of hydrogen-bond donors (Lipinski definition) is 1. The highest BCUT2D eigenvalue weighted by molar-refractivity contribution is 7.89. The van der Waals surface area contributed by atoms with E-state index < -0.39 is 16.1 Å². The van der Waals surface area contributed by atoms with Gasteiger partial charge in [-0.05, 0) is 54.8 Å². The van der Waals surface area contributed by atoms with Crippen LogP contribution in [0.15, 0.2) is 41.3 Å². The number of hydrogen-bond acceptors (Lipinski definition) is 7. The Bertz CT molecular complexity index is 1240. The molecule has 3 aliphatic heterocycles. The zero-order valence-electron chi connectivity index (χ0n) is 17.6. The van der Waals surface area contributed by atoms with Crippen molar-refractivity contribution in [2.45, 2.75) is 43.0 Å². The van der Waals surface area contributed by atoms with Gasteiger partial charge in [-0.25, -0.2) is 13.2 Å². The monoisotopic (exact) mass is 453 g/mol. The lowest BCUT2D eigenvalue weighted by atomic mass is 9.95. The van der Waals surface area contributed by atoms with Crippen molar-refractivity contribution in [3.8, 4) is 6.07 Å². The first-order valence-corrected chi connectivity index (χ1v) is 12.0. The molecule has 2 aromatic rings. The summed E-state index contributed by atoms with van der Waals surface area (Å²) in [6, 6.07) is 11.4. The maximum Gasteiger partial charge on any atom is 0.338 e. The van der Waals surface area contributed by atoms with Crippen LogP contribution in [0.4, 0.5) is 0 Å². The number of carbonyl (C=O) groups is 1. The van der Waals surface area contributed by atoms with Gasteiger partial charge in [-0.1, -0.05) is 6.07 Å². The molecule has 0 saturated carbocycles. The number of ether oxygens (including phenoxy) is 1. The van der Waals surface area contributed by atoms with Crippen molar-refractivity contribution in [2.75, 3.05) is 19.6 Å². The van der Waals surface area contributed by atoms with E-state index in [9.17, 15) is 18.3 Å². The summed E-state index contributed by atoms with van der Waals surface area (Å²) < 4.78 is 32.8. The second-order valence-corrected chi connectivity index (χ2v) is 10.5. The van der Waals surface area contributed by atoms with Crippen molar-refractivity contribution < 1.29 is 23.1 Å². The Kier molecular flexibility index (Phi) is 5.06. The molecule has 2 bridgehead atoms. The Labute approximate surface area is 186 Å². The standard InChI is InChI=1S/C23H23N3O5S/c1-14-19(6-7-20-21(14)13-31-23(20)28)22(27)12-25-10-17-8-16(25)11-26(17)32(29,30)18-4-2-15(9-24)3-5-18/h2-7,16-17,22,27H,8,10-13H2,1H3. The molecule has 8 nitrogen and oxygen atoms in total. The van der Waals surface area contributed by atoms with E-state index in [-0.39, 0.29) is 29.6 Å². The molecule has 3 aliphatic rings. The first-order valence-electron chi connectivity index (χ1n) is 10.5. The number of carbonyl (C=O) groups excluding carboxylic acids is 1. The number of fused-ring (bicyclic) bond motifs is 3. The van der Waals surface area contributed by atoms with Crippen molar-refractivity contribution in [1.82, 2.24) is 9.21 Å². The Morgan fingerprint density at radius 1 is 1.19 bits per heavy atom. The highest BCUT2D eigenvalue weighted by Gasteiger charge is 2.48. The molecular weight excluding hydrogens is 430 g/mol. The van der Waals surface area contributed by atoms with Crippen LogP contribution in [0.3, 0.4) is 0 Å². The van der Waals surface area contributed by atoms with Gasteiger partial charge < -0.3 is 9.84 Å². The number of esters is 1. The molecule has 3 heterocycles. The number of nitriles is 1. The molecule has 3 atom stereocenters. The number of likely N-dealkylation sites (tertiary alicyclic amines) is 1. The molecule has 0 amide bonds. The maximum atomic E-state index is 13.1. The summed E-state index contributed by atoms with van der Waals surface area (Å²) in [4.78, 5) is 14.1. The maximum absolute atomic E-state index is 13.1. The third-order valence-electron chi connectivity index (χ3n) is 6.87. The topological polar surface area (TPSA) is 111 Å². The van der Waals surface area contributed by atoms with Gasteiger partial charge in [-0.15, -0.1) is 0 Å². The van der Waals surface area contributed by atoms with Crippen molar-refractivity contribution in [3.63, 3.8) is 0 Å². The Morgan fingerprint density at radius 3 is 2.59 bits per heavy atom. The molecule has 0 radical (unpaired) electrons. The normalized spacial score (nSPS) is 23.7. The van der Waals surface area contributed by atoms with E-state index in [0.29, 0.717) is 30.8 Å². The third kappa shape index (κ3) is 3.31. The quantitative estimate of drug-likeness (QED) is 0.686. The van der Waals surface area contributed by atoms with Crippen LogP contribution in [0.5, 0.6) is 0 Å². The summed E-state index contributed by atoms with van der Waals surface area (Å²) in [5.41, 5.74) is 3.45. The van der Waals surface area contributed by atoms with Gasteiger partial charge in [-0.2, -0.15) is 9.57 Å². The number of cyclic esters (lactones) is 1. The number of rotatable bonds is 5. The average Bonchev–Trinajstić information content (AvgIpc) is 3.49. The predicted octanol–water partition coefficient (Wildman–Crippen LogP) is 1.72. The third-order valence-corrected chi connectivity index (χ3v) is 8.80. The van der Waals surface area contributed by atoms with Crippen LogP contribution in [-0.2, 0) is 21.4 Å². The summed E-state index contributed by atoms with van der Waals surface area (Å²) in [6.07, 6.45) is -0.00720. The average molecular weight is 454 g/mol. The second-order valence-electron chi connectivity index (χ2n) is 8.61. The van der Waals surface area contributed by atoms with Gasteiger partial charge in [0.2, 0.25) is 10.0 Å². The van der Waals surface area contributed by atoms with Gasteiger partial charge in [0.25, 0.3) is 0 Å². The van der Waals surface area contributed by atoms with Crippen molar-refractivity contribution in [3.05, 3.63) is 64.2 Å². The van der Waals surface area contributed by atoms with Crippen molar-refractivity contribution in [1.29, 1.82) is 5.26 Å². The fourth-order valence-corrected chi connectivity index (χ4v) is 6.78. The van der Waals surface area contributed by atoms with E-state index in [2.05, 4.69) is 4.90 Å². The molecule has 32 heavy (non-hydrogen) atoms. The minimum absolute atomic E-state index is 0.0439. The molecule has 5 rings (SSSR count). The molecule has 0 aromatic heterocycles. The van der Waals surface area contributed by atoms with Crippen molar-refractivity contribution >= 4 is 16.0 Å². The molecule has 2 aromatic carbocycles. The van der Waals surface area contributed by atoms with E-state index >= 15 is 0 Å². The van der Waals surface area contributed by atoms with E-state index in [4.69, 9.17) is 10.00 Å². The summed E-state index contributed by atoms with van der Waals surface area (Å²) in [6.45, 7) is 3.47. The van der Waals surface area contributed by atoms with Gasteiger partial charge >= 0.3 is 5.97 Å². The van der Waals surface area contributed by atoms with E-state index in [1.165, 1.54) is 24.3 Å². The molecule has 2 fully saturated rings. The van der Waals surface area contributed by atoms with Crippen molar-refractivity contribution in [2.24, 2.45) is 0 Å². The molecule has 1 N–H and O–H groups in total. The number of piperazine rings is 1.